The lowest BCUT2D eigenvalue weighted by Gasteiger charge is -2.35. The Kier molecular flexibility index (Phi) is 7.34. The van der Waals surface area contributed by atoms with Gasteiger partial charge in [0.2, 0.25) is 5.91 Å². The fourth-order valence-electron chi connectivity index (χ4n) is 4.04. The molecular weight excluding hydrogens is 376 g/mol. The van der Waals surface area contributed by atoms with Crippen LogP contribution < -0.4 is 10.2 Å². The van der Waals surface area contributed by atoms with E-state index in [0.717, 1.165) is 64.6 Å². The van der Waals surface area contributed by atoms with E-state index in [-0.39, 0.29) is 5.91 Å². The standard InChI is InChI=1S/C24H32N4O2/c29-24(20-26-10-12-28(13-11-26)23-4-2-1-3-5-23)25-18-21-6-8-22(9-7-21)19-27-14-16-30-17-15-27/h1-9H,10-20H2,(H,25,29). The van der Waals surface area contributed by atoms with Crippen LogP contribution in [0, 0.1) is 0 Å². The first kappa shape index (κ1) is 20.8. The van der Waals surface area contributed by atoms with Crippen LogP contribution in [0.4, 0.5) is 5.69 Å². The van der Waals surface area contributed by atoms with Crippen LogP contribution in [0.25, 0.3) is 0 Å². The number of hydrogen-bond donors (Lipinski definition) is 1. The van der Waals surface area contributed by atoms with Crippen LogP contribution in [0.1, 0.15) is 11.1 Å². The summed E-state index contributed by atoms with van der Waals surface area (Å²) in [5, 5.41) is 3.07. The molecule has 30 heavy (non-hydrogen) atoms. The molecule has 1 amide bonds. The maximum Gasteiger partial charge on any atom is 0.234 e. The molecule has 2 saturated heterocycles. The molecule has 2 heterocycles. The van der Waals surface area contributed by atoms with E-state index in [9.17, 15) is 4.79 Å². The molecule has 0 aliphatic carbocycles. The number of para-hydroxylation sites is 1. The average molecular weight is 409 g/mol. The molecule has 2 aromatic rings. The highest BCUT2D eigenvalue weighted by Crippen LogP contribution is 2.15. The number of amides is 1. The summed E-state index contributed by atoms with van der Waals surface area (Å²) in [4.78, 5) is 19.4. The molecule has 4 rings (SSSR count). The summed E-state index contributed by atoms with van der Waals surface area (Å²) in [5.74, 6) is 0.0977. The minimum Gasteiger partial charge on any atom is -0.379 e. The first-order valence-corrected chi connectivity index (χ1v) is 10.9. The van der Waals surface area contributed by atoms with Crippen molar-refractivity contribution in [3.05, 3.63) is 65.7 Å². The summed E-state index contributed by atoms with van der Waals surface area (Å²) in [6.07, 6.45) is 0. The number of benzene rings is 2. The van der Waals surface area contributed by atoms with Crippen molar-refractivity contribution in [1.29, 1.82) is 0 Å². The van der Waals surface area contributed by atoms with Crippen LogP contribution in [0.3, 0.4) is 0 Å². The van der Waals surface area contributed by atoms with Crippen molar-refractivity contribution in [3.8, 4) is 0 Å². The smallest absolute Gasteiger partial charge is 0.234 e. The van der Waals surface area contributed by atoms with Gasteiger partial charge >= 0.3 is 0 Å². The molecule has 160 valence electrons. The van der Waals surface area contributed by atoms with E-state index in [1.165, 1.54) is 11.3 Å². The monoisotopic (exact) mass is 408 g/mol. The Hall–Kier alpha value is -2.41. The first-order valence-electron chi connectivity index (χ1n) is 10.9. The number of anilines is 1. The van der Waals surface area contributed by atoms with Crippen molar-refractivity contribution in [2.24, 2.45) is 0 Å². The average Bonchev–Trinajstić information content (AvgIpc) is 2.80. The Morgan fingerprint density at radius 3 is 2.17 bits per heavy atom. The van der Waals surface area contributed by atoms with E-state index in [2.05, 4.69) is 68.5 Å². The molecule has 0 aromatic heterocycles. The molecule has 2 aromatic carbocycles. The number of nitrogens with one attached hydrogen (secondary N) is 1. The van der Waals surface area contributed by atoms with Gasteiger partial charge in [-0.1, -0.05) is 42.5 Å². The second-order valence-corrected chi connectivity index (χ2v) is 8.08. The van der Waals surface area contributed by atoms with Crippen LogP contribution >= 0.6 is 0 Å². The van der Waals surface area contributed by atoms with Gasteiger partial charge in [-0.3, -0.25) is 14.6 Å². The summed E-state index contributed by atoms with van der Waals surface area (Å²) in [5.41, 5.74) is 3.71. The van der Waals surface area contributed by atoms with Crippen LogP contribution in [0.15, 0.2) is 54.6 Å². The van der Waals surface area contributed by atoms with E-state index in [1.54, 1.807) is 0 Å². The molecule has 0 spiro atoms. The Bertz CT molecular complexity index is 783. The lowest BCUT2D eigenvalue weighted by atomic mass is 10.1. The molecular formula is C24H32N4O2. The number of ether oxygens (including phenoxy) is 1. The van der Waals surface area contributed by atoms with Gasteiger partial charge in [0.1, 0.15) is 0 Å². The topological polar surface area (TPSA) is 48.1 Å². The predicted molar refractivity (Wildman–Crippen MR) is 119 cm³/mol. The molecule has 2 aliphatic heterocycles. The minimum atomic E-state index is 0.0977. The Morgan fingerprint density at radius 2 is 1.47 bits per heavy atom. The van der Waals surface area contributed by atoms with Crippen molar-refractivity contribution in [3.63, 3.8) is 0 Å². The van der Waals surface area contributed by atoms with Crippen molar-refractivity contribution in [1.82, 2.24) is 15.1 Å². The van der Waals surface area contributed by atoms with E-state index in [0.29, 0.717) is 13.1 Å². The Labute approximate surface area is 179 Å². The van der Waals surface area contributed by atoms with Gasteiger partial charge in [0, 0.05) is 58.0 Å². The van der Waals surface area contributed by atoms with Gasteiger partial charge in [-0.25, -0.2) is 0 Å². The quantitative estimate of drug-likeness (QED) is 0.759. The number of morpholine rings is 1. The van der Waals surface area contributed by atoms with Crippen LogP contribution in [-0.2, 0) is 22.6 Å². The second kappa shape index (κ2) is 10.6. The van der Waals surface area contributed by atoms with Crippen LogP contribution in [0.2, 0.25) is 0 Å². The van der Waals surface area contributed by atoms with Crippen molar-refractivity contribution in [2.45, 2.75) is 13.1 Å². The summed E-state index contributed by atoms with van der Waals surface area (Å²) >= 11 is 0. The van der Waals surface area contributed by atoms with E-state index >= 15 is 0 Å². The third kappa shape index (κ3) is 6.05. The molecule has 2 aliphatic rings. The Morgan fingerprint density at radius 1 is 0.800 bits per heavy atom. The molecule has 0 unspecified atom stereocenters. The van der Waals surface area contributed by atoms with Crippen LogP contribution in [-0.4, -0.2) is 74.7 Å². The number of hydrogen-bond acceptors (Lipinski definition) is 5. The van der Waals surface area contributed by atoms with Gasteiger partial charge in [0.25, 0.3) is 0 Å². The zero-order valence-corrected chi connectivity index (χ0v) is 17.6. The number of nitrogens with zero attached hydrogens (tertiary/aromatic N) is 3. The third-order valence-electron chi connectivity index (χ3n) is 5.88. The van der Waals surface area contributed by atoms with Gasteiger partial charge in [0.05, 0.1) is 19.8 Å². The molecule has 2 fully saturated rings. The predicted octanol–water partition coefficient (Wildman–Crippen LogP) is 1.96. The molecule has 6 heteroatoms. The number of rotatable bonds is 7. The summed E-state index contributed by atoms with van der Waals surface area (Å²) < 4.78 is 5.40. The van der Waals surface area contributed by atoms with Gasteiger partial charge in [-0.05, 0) is 23.3 Å². The lowest BCUT2D eigenvalue weighted by molar-refractivity contribution is -0.122. The lowest BCUT2D eigenvalue weighted by Crippen LogP contribution is -2.49. The van der Waals surface area contributed by atoms with Crippen molar-refractivity contribution >= 4 is 11.6 Å². The van der Waals surface area contributed by atoms with Crippen molar-refractivity contribution in [2.75, 3.05) is 63.9 Å². The first-order chi connectivity index (χ1) is 14.8. The highest BCUT2D eigenvalue weighted by Gasteiger charge is 2.19. The minimum absolute atomic E-state index is 0.0977. The highest BCUT2D eigenvalue weighted by molar-refractivity contribution is 5.78. The fraction of sp³-hybridized carbons (Fsp3) is 0.458. The van der Waals surface area contributed by atoms with Gasteiger partial charge in [-0.2, -0.15) is 0 Å². The zero-order chi connectivity index (χ0) is 20.6. The number of carbonyl (C=O) groups excluding carboxylic acids is 1. The van der Waals surface area contributed by atoms with Crippen LogP contribution in [0.5, 0.6) is 0 Å². The molecule has 0 radical (unpaired) electrons. The SMILES string of the molecule is O=C(CN1CCN(c2ccccc2)CC1)NCc1ccc(CN2CCOCC2)cc1. The third-order valence-corrected chi connectivity index (χ3v) is 5.88. The van der Waals surface area contributed by atoms with Gasteiger partial charge in [-0.15, -0.1) is 0 Å². The zero-order valence-electron chi connectivity index (χ0n) is 17.6. The maximum atomic E-state index is 12.4. The second-order valence-electron chi connectivity index (χ2n) is 8.08. The normalized spacial score (nSPS) is 18.3. The van der Waals surface area contributed by atoms with E-state index in [1.807, 2.05) is 6.07 Å². The van der Waals surface area contributed by atoms with E-state index < -0.39 is 0 Å². The number of piperazine rings is 1. The molecule has 6 nitrogen and oxygen atoms in total. The van der Waals surface area contributed by atoms with Gasteiger partial charge in [0.15, 0.2) is 0 Å². The molecule has 1 N–H and O–H groups in total. The summed E-state index contributed by atoms with van der Waals surface area (Å²) in [6.45, 7) is 9.41. The summed E-state index contributed by atoms with van der Waals surface area (Å²) in [6, 6.07) is 19.1. The molecule has 0 bridgehead atoms. The van der Waals surface area contributed by atoms with Gasteiger partial charge < -0.3 is 15.0 Å². The van der Waals surface area contributed by atoms with E-state index in [4.69, 9.17) is 4.74 Å². The summed E-state index contributed by atoms with van der Waals surface area (Å²) in [7, 11) is 0. The van der Waals surface area contributed by atoms with Crippen molar-refractivity contribution < 1.29 is 9.53 Å². The Balaban J connectivity index is 1.16. The number of carbonyl (C=O) groups is 1. The fourth-order valence-corrected chi connectivity index (χ4v) is 4.04. The molecule has 0 atom stereocenters. The maximum absolute atomic E-state index is 12.4. The highest BCUT2D eigenvalue weighted by atomic mass is 16.5. The largest absolute Gasteiger partial charge is 0.379 e. The molecule has 0 saturated carbocycles.